The minimum absolute atomic E-state index is 0.210. The highest BCUT2D eigenvalue weighted by Gasteiger charge is 2.28. The monoisotopic (exact) mass is 330 g/mol. The van der Waals surface area contributed by atoms with Crippen LogP contribution < -0.4 is 0 Å². The van der Waals surface area contributed by atoms with Crippen molar-refractivity contribution in [2.24, 2.45) is 11.3 Å². The highest BCUT2D eigenvalue weighted by Crippen LogP contribution is 2.42. The smallest absolute Gasteiger partial charge is 0.258 e. The van der Waals surface area contributed by atoms with Crippen LogP contribution in [0, 0.1) is 28.4 Å². The van der Waals surface area contributed by atoms with E-state index in [2.05, 4.69) is 31.8 Å². The van der Waals surface area contributed by atoms with Crippen molar-refractivity contribution >= 4 is 32.8 Å². The number of benzene rings is 1. The molecule has 0 aliphatic heterocycles. The Morgan fingerprint density at radius 2 is 2.09 bits per heavy atom. The van der Waals surface area contributed by atoms with E-state index in [9.17, 15) is 10.1 Å². The van der Waals surface area contributed by atoms with Gasteiger partial charge in [0.15, 0.2) is 0 Å². The molecule has 122 valence electrons. The Morgan fingerprint density at radius 3 is 2.65 bits per heavy atom. The van der Waals surface area contributed by atoms with Gasteiger partial charge in [-0.1, -0.05) is 26.8 Å². The minimum atomic E-state index is -0.263. The summed E-state index contributed by atoms with van der Waals surface area (Å²) in [5.74, 6) is 0.635. The van der Waals surface area contributed by atoms with Crippen LogP contribution in [0.25, 0.3) is 15.8 Å². The van der Waals surface area contributed by atoms with Crippen LogP contribution in [0.3, 0.4) is 0 Å². The van der Waals surface area contributed by atoms with E-state index in [4.69, 9.17) is 0 Å². The molecule has 0 saturated heterocycles. The molecule has 1 unspecified atom stereocenters. The Kier molecular flexibility index (Phi) is 4.00. The van der Waals surface area contributed by atoms with Crippen LogP contribution in [0.4, 0.5) is 5.69 Å². The van der Waals surface area contributed by atoms with E-state index in [1.54, 1.807) is 6.07 Å². The predicted molar refractivity (Wildman–Crippen MR) is 95.8 cm³/mol. The molecule has 1 heterocycles. The number of aromatic nitrogens is 1. The summed E-state index contributed by atoms with van der Waals surface area (Å²) >= 11 is 1.51. The first-order valence-corrected chi connectivity index (χ1v) is 8.82. The van der Waals surface area contributed by atoms with Crippen LogP contribution >= 0.6 is 11.3 Å². The Hall–Kier alpha value is -1.75. The highest BCUT2D eigenvalue weighted by molar-refractivity contribution is 7.18. The number of hydrogen-bond acceptors (Lipinski definition) is 4. The number of fused-ring (bicyclic) bond motifs is 1. The number of rotatable bonds is 2. The van der Waals surface area contributed by atoms with Crippen molar-refractivity contribution in [3.63, 3.8) is 0 Å². The second kappa shape index (κ2) is 5.71. The van der Waals surface area contributed by atoms with Gasteiger partial charge in [0.25, 0.3) is 5.69 Å². The van der Waals surface area contributed by atoms with Gasteiger partial charge in [-0.2, -0.15) is 0 Å². The number of nitro groups is 1. The maximum atomic E-state index is 11.5. The van der Waals surface area contributed by atoms with Crippen molar-refractivity contribution in [3.05, 3.63) is 38.9 Å². The van der Waals surface area contributed by atoms with Crippen molar-refractivity contribution in [2.45, 2.75) is 47.0 Å². The van der Waals surface area contributed by atoms with Crippen LogP contribution in [-0.2, 0) is 0 Å². The molecule has 0 fully saturated rings. The zero-order valence-electron chi connectivity index (χ0n) is 14.0. The topological polar surface area (TPSA) is 56.0 Å². The van der Waals surface area contributed by atoms with E-state index in [0.29, 0.717) is 5.92 Å². The van der Waals surface area contributed by atoms with Crippen LogP contribution in [0.15, 0.2) is 18.2 Å². The van der Waals surface area contributed by atoms with Crippen LogP contribution in [-0.4, -0.2) is 9.91 Å². The van der Waals surface area contributed by atoms with Gasteiger partial charge in [-0.25, -0.2) is 4.98 Å². The second-order valence-corrected chi connectivity index (χ2v) is 8.63. The normalized spacial score (nSPS) is 19.0. The van der Waals surface area contributed by atoms with Crippen molar-refractivity contribution in [1.29, 1.82) is 0 Å². The molecule has 0 N–H and O–H groups in total. The van der Waals surface area contributed by atoms with E-state index < -0.39 is 0 Å². The lowest BCUT2D eigenvalue weighted by atomic mass is 9.72. The molecule has 1 aliphatic rings. The summed E-state index contributed by atoms with van der Waals surface area (Å²) in [6, 6.07) is 3.59. The van der Waals surface area contributed by atoms with E-state index in [1.165, 1.54) is 11.3 Å². The summed E-state index contributed by atoms with van der Waals surface area (Å²) in [5, 5.41) is 12.4. The largest absolute Gasteiger partial charge is 0.278 e. The van der Waals surface area contributed by atoms with Gasteiger partial charge in [-0.05, 0) is 49.2 Å². The molecule has 4 nitrogen and oxygen atoms in total. The quantitative estimate of drug-likeness (QED) is 0.521. The second-order valence-electron chi connectivity index (χ2n) is 7.39. The van der Waals surface area contributed by atoms with Crippen LogP contribution in [0.5, 0.6) is 0 Å². The van der Waals surface area contributed by atoms with E-state index in [1.807, 2.05) is 13.0 Å². The van der Waals surface area contributed by atoms with Gasteiger partial charge < -0.3 is 0 Å². The van der Waals surface area contributed by atoms with Crippen molar-refractivity contribution < 1.29 is 4.92 Å². The van der Waals surface area contributed by atoms with Gasteiger partial charge in [0, 0.05) is 6.07 Å². The lowest BCUT2D eigenvalue weighted by Gasteiger charge is -2.33. The number of thiazole rings is 1. The number of aryl methyl sites for hydroxylation is 1. The summed E-state index contributed by atoms with van der Waals surface area (Å²) in [7, 11) is 0. The summed E-state index contributed by atoms with van der Waals surface area (Å²) in [5.41, 5.74) is 3.21. The number of allylic oxidation sites excluding steroid dienone is 2. The summed E-state index contributed by atoms with van der Waals surface area (Å²) in [6.07, 6.45) is 5.18. The first-order chi connectivity index (χ1) is 10.8. The molecule has 2 aromatic rings. The molecule has 1 atom stereocenters. The molecule has 0 saturated carbocycles. The van der Waals surface area contributed by atoms with Gasteiger partial charge in [-0.3, -0.25) is 10.1 Å². The van der Waals surface area contributed by atoms with Gasteiger partial charge in [0.1, 0.15) is 0 Å². The molecule has 0 amide bonds. The maximum absolute atomic E-state index is 11.5. The Bertz CT molecular complexity index is 799. The fourth-order valence-electron chi connectivity index (χ4n) is 3.35. The number of nitro benzene ring substituents is 1. The maximum Gasteiger partial charge on any atom is 0.278 e. The molecular formula is C18H22N2O2S. The Labute approximate surface area is 140 Å². The fourth-order valence-corrected chi connectivity index (χ4v) is 4.19. The van der Waals surface area contributed by atoms with E-state index in [-0.39, 0.29) is 16.0 Å². The standard InChI is InChI=1S/C18H22N2O2S/c1-11-19-15-9-14(16(20(21)22)10-17(15)23-11)12-5-7-13(8-6-12)18(2,3)4/h5,9-10,13H,6-8H2,1-4H3. The molecule has 1 aromatic carbocycles. The average molecular weight is 330 g/mol. The third-order valence-electron chi connectivity index (χ3n) is 4.79. The predicted octanol–water partition coefficient (Wildman–Crippen LogP) is 5.74. The average Bonchev–Trinajstić information content (AvgIpc) is 2.84. The summed E-state index contributed by atoms with van der Waals surface area (Å²) < 4.78 is 0.891. The highest BCUT2D eigenvalue weighted by atomic mass is 32.1. The van der Waals surface area contributed by atoms with Crippen LogP contribution in [0.2, 0.25) is 0 Å². The lowest BCUT2D eigenvalue weighted by molar-refractivity contribution is -0.385. The molecule has 0 radical (unpaired) electrons. The third-order valence-corrected chi connectivity index (χ3v) is 5.72. The van der Waals surface area contributed by atoms with Gasteiger partial charge in [0.2, 0.25) is 0 Å². The fraction of sp³-hybridized carbons (Fsp3) is 0.500. The Morgan fingerprint density at radius 1 is 1.35 bits per heavy atom. The zero-order valence-corrected chi connectivity index (χ0v) is 14.9. The molecule has 23 heavy (non-hydrogen) atoms. The minimum Gasteiger partial charge on any atom is -0.258 e. The number of nitrogens with zero attached hydrogens (tertiary/aromatic N) is 2. The molecular weight excluding hydrogens is 308 g/mol. The summed E-state index contributed by atoms with van der Waals surface area (Å²) in [4.78, 5) is 15.7. The van der Waals surface area contributed by atoms with Crippen molar-refractivity contribution in [2.75, 3.05) is 0 Å². The van der Waals surface area contributed by atoms with Crippen LogP contribution in [0.1, 0.15) is 50.6 Å². The third kappa shape index (κ3) is 3.15. The molecule has 1 aliphatic carbocycles. The zero-order chi connectivity index (χ0) is 16.8. The van der Waals surface area contributed by atoms with Gasteiger partial charge >= 0.3 is 0 Å². The van der Waals surface area contributed by atoms with E-state index >= 15 is 0 Å². The SMILES string of the molecule is Cc1nc2cc(C3=CCC(C(C)(C)C)CC3)c([N+](=O)[O-])cc2s1. The lowest BCUT2D eigenvalue weighted by Crippen LogP contribution is -2.22. The summed E-state index contributed by atoms with van der Waals surface area (Å²) in [6.45, 7) is 8.74. The molecule has 5 heteroatoms. The van der Waals surface area contributed by atoms with E-state index in [0.717, 1.165) is 45.6 Å². The first-order valence-electron chi connectivity index (χ1n) is 8.00. The Balaban J connectivity index is 2.03. The molecule has 0 spiro atoms. The first kappa shape index (κ1) is 16.1. The molecule has 0 bridgehead atoms. The molecule has 1 aromatic heterocycles. The number of hydrogen-bond donors (Lipinski definition) is 0. The molecule has 3 rings (SSSR count). The van der Waals surface area contributed by atoms with Gasteiger partial charge in [-0.15, -0.1) is 11.3 Å². The van der Waals surface area contributed by atoms with Crippen molar-refractivity contribution in [3.8, 4) is 0 Å². The van der Waals surface area contributed by atoms with Gasteiger partial charge in [0.05, 0.1) is 25.7 Å². The van der Waals surface area contributed by atoms with Crippen molar-refractivity contribution in [1.82, 2.24) is 4.98 Å².